The second-order valence-electron chi connectivity index (χ2n) is 6.23. The molecule has 0 saturated heterocycles. The van der Waals surface area contributed by atoms with Gasteiger partial charge >= 0.3 is 0 Å². The van der Waals surface area contributed by atoms with E-state index in [1.54, 1.807) is 31.3 Å². The van der Waals surface area contributed by atoms with Crippen LogP contribution in [0.3, 0.4) is 0 Å². The lowest BCUT2D eigenvalue weighted by atomic mass is 10.0. The third-order valence-corrected chi connectivity index (χ3v) is 4.63. The molecule has 0 unspecified atom stereocenters. The van der Waals surface area contributed by atoms with Gasteiger partial charge in [-0.1, -0.05) is 36.4 Å². The Morgan fingerprint density at radius 3 is 2.55 bits per heavy atom. The summed E-state index contributed by atoms with van der Waals surface area (Å²) < 4.78 is 5.36. The van der Waals surface area contributed by atoms with Gasteiger partial charge in [-0.25, -0.2) is 4.98 Å². The normalized spacial score (nSPS) is 11.9. The van der Waals surface area contributed by atoms with Gasteiger partial charge in [0.15, 0.2) is 0 Å². The number of allylic oxidation sites excluding steroid dienone is 2. The van der Waals surface area contributed by atoms with Crippen LogP contribution < -0.4 is 11.1 Å². The van der Waals surface area contributed by atoms with Crippen molar-refractivity contribution in [3.05, 3.63) is 96.0 Å². The quantitative estimate of drug-likeness (QED) is 0.414. The molecule has 0 radical (unpaired) electrons. The molecule has 1 aromatic heterocycles. The van der Waals surface area contributed by atoms with Crippen LogP contribution >= 0.6 is 11.6 Å². The fourth-order valence-corrected chi connectivity index (χ4v) is 3.00. The second-order valence-corrected chi connectivity index (χ2v) is 6.64. The van der Waals surface area contributed by atoms with E-state index in [-0.39, 0.29) is 5.91 Å². The first-order chi connectivity index (χ1) is 14.0. The van der Waals surface area contributed by atoms with E-state index in [0.29, 0.717) is 27.7 Å². The van der Waals surface area contributed by atoms with E-state index < -0.39 is 0 Å². The fourth-order valence-electron chi connectivity index (χ4n) is 2.77. The van der Waals surface area contributed by atoms with Gasteiger partial charge in [0.05, 0.1) is 6.20 Å². The topological polar surface area (TPSA) is 81.2 Å². The number of amides is 1. The van der Waals surface area contributed by atoms with E-state index in [0.717, 1.165) is 16.7 Å². The average molecular weight is 406 g/mol. The van der Waals surface area contributed by atoms with Gasteiger partial charge in [-0.15, -0.1) is 0 Å². The van der Waals surface area contributed by atoms with Crippen molar-refractivity contribution in [2.75, 3.05) is 5.32 Å². The monoisotopic (exact) mass is 405 g/mol. The van der Waals surface area contributed by atoms with E-state index in [9.17, 15) is 4.79 Å². The lowest BCUT2D eigenvalue weighted by Crippen LogP contribution is -2.15. The number of carbonyl (C=O) groups excluding carboxylic acids is 1. The average Bonchev–Trinajstić information content (AvgIpc) is 3.27. The van der Waals surface area contributed by atoms with Crippen LogP contribution in [0.2, 0.25) is 5.02 Å². The van der Waals surface area contributed by atoms with E-state index in [2.05, 4.69) is 16.9 Å². The van der Waals surface area contributed by atoms with E-state index >= 15 is 0 Å². The SMILES string of the molecule is C=C/C=C(C(=O)Nc1ccc(-c2cc(-c3ncco3)ccc2Cl)cc1)\C(C)=C/N. The summed E-state index contributed by atoms with van der Waals surface area (Å²) in [5.74, 6) is 0.262. The molecule has 0 aliphatic rings. The zero-order valence-electron chi connectivity index (χ0n) is 15.9. The molecule has 0 aliphatic carbocycles. The molecule has 0 spiro atoms. The Labute approximate surface area is 174 Å². The summed E-state index contributed by atoms with van der Waals surface area (Å²) in [5.41, 5.74) is 9.88. The van der Waals surface area contributed by atoms with E-state index in [4.69, 9.17) is 21.8 Å². The van der Waals surface area contributed by atoms with Crippen LogP contribution in [0, 0.1) is 0 Å². The fraction of sp³-hybridized carbons (Fsp3) is 0.0435. The Bertz CT molecular complexity index is 1080. The Morgan fingerprint density at radius 2 is 1.93 bits per heavy atom. The lowest BCUT2D eigenvalue weighted by molar-refractivity contribution is -0.112. The first-order valence-electron chi connectivity index (χ1n) is 8.86. The molecule has 5 nitrogen and oxygen atoms in total. The van der Waals surface area contributed by atoms with E-state index in [1.165, 1.54) is 12.5 Å². The Kier molecular flexibility index (Phi) is 6.32. The molecule has 1 heterocycles. The summed E-state index contributed by atoms with van der Waals surface area (Å²) >= 11 is 6.39. The molecule has 146 valence electrons. The van der Waals surface area contributed by atoms with Crippen molar-refractivity contribution < 1.29 is 9.21 Å². The van der Waals surface area contributed by atoms with Gasteiger partial charge in [-0.05, 0) is 60.7 Å². The minimum absolute atomic E-state index is 0.263. The second kappa shape index (κ2) is 9.08. The smallest absolute Gasteiger partial charge is 0.255 e. The number of hydrogen-bond acceptors (Lipinski definition) is 4. The number of rotatable bonds is 6. The molecular formula is C23H20ClN3O2. The van der Waals surface area contributed by atoms with Gasteiger partial charge in [0, 0.05) is 27.4 Å². The van der Waals surface area contributed by atoms with Crippen molar-refractivity contribution in [2.24, 2.45) is 5.73 Å². The van der Waals surface area contributed by atoms with Crippen molar-refractivity contribution in [2.45, 2.75) is 6.92 Å². The minimum Gasteiger partial charge on any atom is -0.445 e. The number of halogens is 1. The summed E-state index contributed by atoms with van der Waals surface area (Å²) in [7, 11) is 0. The molecule has 0 saturated carbocycles. The van der Waals surface area contributed by atoms with Crippen LogP contribution in [0.15, 0.2) is 95.4 Å². The van der Waals surface area contributed by atoms with Crippen molar-refractivity contribution in [3.63, 3.8) is 0 Å². The number of anilines is 1. The van der Waals surface area contributed by atoms with Gasteiger partial charge in [-0.2, -0.15) is 0 Å². The summed E-state index contributed by atoms with van der Waals surface area (Å²) in [6.07, 6.45) is 7.68. The molecule has 29 heavy (non-hydrogen) atoms. The van der Waals surface area contributed by atoms with Crippen LogP contribution in [0.25, 0.3) is 22.6 Å². The van der Waals surface area contributed by atoms with Crippen molar-refractivity contribution in [3.8, 4) is 22.6 Å². The van der Waals surface area contributed by atoms with Crippen molar-refractivity contribution in [1.29, 1.82) is 0 Å². The number of oxazole rings is 1. The summed E-state index contributed by atoms with van der Waals surface area (Å²) in [5, 5.41) is 3.47. The number of nitrogens with zero attached hydrogens (tertiary/aromatic N) is 1. The maximum absolute atomic E-state index is 12.5. The number of benzene rings is 2. The van der Waals surface area contributed by atoms with Gasteiger partial charge in [-0.3, -0.25) is 4.79 Å². The summed E-state index contributed by atoms with van der Waals surface area (Å²) in [6.45, 7) is 5.40. The highest BCUT2D eigenvalue weighted by atomic mass is 35.5. The molecule has 6 heteroatoms. The van der Waals surface area contributed by atoms with Crippen LogP contribution in [0.1, 0.15) is 6.92 Å². The van der Waals surface area contributed by atoms with E-state index in [1.807, 2.05) is 36.4 Å². The predicted octanol–water partition coefficient (Wildman–Crippen LogP) is 5.58. The first kappa shape index (κ1) is 20.2. The van der Waals surface area contributed by atoms with Crippen LogP contribution in [0.4, 0.5) is 5.69 Å². The third-order valence-electron chi connectivity index (χ3n) is 4.30. The van der Waals surface area contributed by atoms with Crippen molar-refractivity contribution >= 4 is 23.2 Å². The molecule has 0 aliphatic heterocycles. The highest BCUT2D eigenvalue weighted by molar-refractivity contribution is 6.33. The van der Waals surface area contributed by atoms with Gasteiger partial charge in [0.1, 0.15) is 6.26 Å². The highest BCUT2D eigenvalue weighted by Gasteiger charge is 2.12. The Hall–Kier alpha value is -3.57. The van der Waals surface area contributed by atoms with Gasteiger partial charge < -0.3 is 15.5 Å². The van der Waals surface area contributed by atoms with Crippen molar-refractivity contribution in [1.82, 2.24) is 4.98 Å². The molecule has 0 bridgehead atoms. The van der Waals surface area contributed by atoms with Gasteiger partial charge in [0.25, 0.3) is 5.91 Å². The zero-order chi connectivity index (χ0) is 20.8. The van der Waals surface area contributed by atoms with Gasteiger partial charge in [0.2, 0.25) is 5.89 Å². The molecule has 0 atom stereocenters. The molecule has 3 N–H and O–H groups in total. The number of hydrogen-bond donors (Lipinski definition) is 2. The summed E-state index contributed by atoms with van der Waals surface area (Å²) in [4.78, 5) is 16.7. The number of carbonyl (C=O) groups is 1. The predicted molar refractivity (Wildman–Crippen MR) is 117 cm³/mol. The molecule has 2 aromatic carbocycles. The third kappa shape index (κ3) is 4.65. The first-order valence-corrected chi connectivity index (χ1v) is 9.24. The minimum atomic E-state index is -0.263. The zero-order valence-corrected chi connectivity index (χ0v) is 16.6. The molecule has 1 amide bonds. The highest BCUT2D eigenvalue weighted by Crippen LogP contribution is 2.32. The number of nitrogens with two attached hydrogens (primary N) is 1. The Balaban J connectivity index is 1.84. The summed E-state index contributed by atoms with van der Waals surface area (Å²) in [6, 6.07) is 13.0. The molecule has 3 aromatic rings. The largest absolute Gasteiger partial charge is 0.445 e. The van der Waals surface area contributed by atoms with Crippen LogP contribution in [-0.2, 0) is 4.79 Å². The maximum atomic E-state index is 12.5. The standard InChI is InChI=1S/C23H20ClN3O2/c1-3-4-19(15(2)14-25)22(28)27-18-8-5-16(6-9-18)20-13-17(7-10-21(20)24)23-26-11-12-29-23/h3-14H,1,25H2,2H3,(H,27,28)/b15-14-,19-4+. The Morgan fingerprint density at radius 1 is 1.21 bits per heavy atom. The molecular weight excluding hydrogens is 386 g/mol. The number of nitrogens with one attached hydrogen (secondary N) is 1. The molecule has 0 fully saturated rings. The maximum Gasteiger partial charge on any atom is 0.255 e. The number of aromatic nitrogens is 1. The van der Waals surface area contributed by atoms with Crippen LogP contribution in [-0.4, -0.2) is 10.9 Å². The molecule has 3 rings (SSSR count). The lowest BCUT2D eigenvalue weighted by Gasteiger charge is -2.11. The van der Waals surface area contributed by atoms with Crippen LogP contribution in [0.5, 0.6) is 0 Å².